The van der Waals surface area contributed by atoms with Gasteiger partial charge >= 0.3 is 0 Å². The molecule has 0 radical (unpaired) electrons. The summed E-state index contributed by atoms with van der Waals surface area (Å²) in [6, 6.07) is 6.08. The largest absolute Gasteiger partial charge is 0.396 e. The van der Waals surface area contributed by atoms with E-state index in [1.165, 1.54) is 12.1 Å². The predicted molar refractivity (Wildman–Crippen MR) is 86.5 cm³/mol. The van der Waals surface area contributed by atoms with Crippen LogP contribution >= 0.6 is 0 Å². The van der Waals surface area contributed by atoms with Crippen LogP contribution in [0.5, 0.6) is 0 Å². The number of carbonyl (C=O) groups excluding carboxylic acids is 1. The van der Waals surface area contributed by atoms with Gasteiger partial charge in [0, 0.05) is 37.2 Å². The molecule has 0 bridgehead atoms. The van der Waals surface area contributed by atoms with E-state index in [1.54, 1.807) is 23.1 Å². The summed E-state index contributed by atoms with van der Waals surface area (Å²) in [7, 11) is -3.62. The van der Waals surface area contributed by atoms with Crippen LogP contribution in [0.1, 0.15) is 19.3 Å². The highest BCUT2D eigenvalue weighted by atomic mass is 32.2. The standard InChI is InChI=1S/C16H20N2O4S/c19-11-12-3-4-13(10-12)17-23(21,22)15-7-5-14(6-8-15)18-9-1-2-16(18)20/h3-8,12-13,17,19H,1-2,9-11H2/t12-,13+/m0/s1. The van der Waals surface area contributed by atoms with Gasteiger partial charge in [-0.3, -0.25) is 4.79 Å². The van der Waals surface area contributed by atoms with Crippen LogP contribution in [0.3, 0.4) is 0 Å². The molecule has 1 saturated heterocycles. The molecule has 2 atom stereocenters. The van der Waals surface area contributed by atoms with Crippen LogP contribution in [0.25, 0.3) is 0 Å². The molecular weight excluding hydrogens is 316 g/mol. The van der Waals surface area contributed by atoms with Gasteiger partial charge in [0.2, 0.25) is 15.9 Å². The van der Waals surface area contributed by atoms with Crippen molar-refractivity contribution in [1.82, 2.24) is 4.72 Å². The second kappa shape index (κ2) is 6.43. The van der Waals surface area contributed by atoms with Gasteiger partial charge < -0.3 is 10.0 Å². The van der Waals surface area contributed by atoms with Crippen molar-refractivity contribution in [3.8, 4) is 0 Å². The number of aliphatic hydroxyl groups excluding tert-OH is 1. The van der Waals surface area contributed by atoms with E-state index in [0.29, 0.717) is 19.4 Å². The van der Waals surface area contributed by atoms with Crippen LogP contribution in [0, 0.1) is 5.92 Å². The smallest absolute Gasteiger partial charge is 0.241 e. The highest BCUT2D eigenvalue weighted by molar-refractivity contribution is 7.89. The van der Waals surface area contributed by atoms with Crippen molar-refractivity contribution in [2.45, 2.75) is 30.2 Å². The van der Waals surface area contributed by atoms with Crippen LogP contribution in [0.4, 0.5) is 5.69 Å². The first-order valence-electron chi connectivity index (χ1n) is 7.71. The second-order valence-corrected chi connectivity index (χ2v) is 7.65. The Bertz CT molecular complexity index is 712. The summed E-state index contributed by atoms with van der Waals surface area (Å²) in [5.41, 5.74) is 0.729. The lowest BCUT2D eigenvalue weighted by Crippen LogP contribution is -2.33. The molecule has 2 N–H and O–H groups in total. The van der Waals surface area contributed by atoms with E-state index in [-0.39, 0.29) is 29.4 Å². The maximum atomic E-state index is 12.4. The number of carbonyl (C=O) groups is 1. The summed E-state index contributed by atoms with van der Waals surface area (Å²) in [6.45, 7) is 0.700. The second-order valence-electron chi connectivity index (χ2n) is 5.93. The van der Waals surface area contributed by atoms with E-state index in [0.717, 1.165) is 12.1 Å². The lowest BCUT2D eigenvalue weighted by molar-refractivity contribution is -0.117. The minimum Gasteiger partial charge on any atom is -0.396 e. The van der Waals surface area contributed by atoms with Gasteiger partial charge in [-0.25, -0.2) is 13.1 Å². The fourth-order valence-electron chi connectivity index (χ4n) is 2.99. The molecule has 0 aromatic heterocycles. The van der Waals surface area contributed by atoms with Crippen LogP contribution in [0.2, 0.25) is 0 Å². The molecule has 1 heterocycles. The van der Waals surface area contributed by atoms with Gasteiger partial charge in [-0.1, -0.05) is 12.2 Å². The normalized spacial score (nSPS) is 24.6. The Morgan fingerprint density at radius 2 is 1.96 bits per heavy atom. The average molecular weight is 336 g/mol. The Hall–Kier alpha value is -1.70. The van der Waals surface area contributed by atoms with Gasteiger partial charge in [-0.15, -0.1) is 0 Å². The SMILES string of the molecule is O=C1CCCN1c1ccc(S(=O)(=O)N[C@@H]2C=C[C@H](CO)C2)cc1. The van der Waals surface area contributed by atoms with Crippen molar-refractivity contribution >= 4 is 21.6 Å². The number of nitrogens with zero attached hydrogens (tertiary/aromatic N) is 1. The van der Waals surface area contributed by atoms with Crippen molar-refractivity contribution in [2.75, 3.05) is 18.1 Å². The van der Waals surface area contributed by atoms with Crippen molar-refractivity contribution in [3.63, 3.8) is 0 Å². The third-order valence-electron chi connectivity index (χ3n) is 4.25. The first-order valence-corrected chi connectivity index (χ1v) is 9.20. The van der Waals surface area contributed by atoms with Crippen LogP contribution in [-0.2, 0) is 14.8 Å². The van der Waals surface area contributed by atoms with E-state index in [4.69, 9.17) is 5.11 Å². The molecule has 0 saturated carbocycles. The van der Waals surface area contributed by atoms with E-state index in [9.17, 15) is 13.2 Å². The number of sulfonamides is 1. The van der Waals surface area contributed by atoms with Crippen molar-refractivity contribution in [2.24, 2.45) is 5.92 Å². The first-order chi connectivity index (χ1) is 11.0. The Kier molecular flexibility index (Phi) is 4.52. The van der Waals surface area contributed by atoms with Crippen LogP contribution in [0.15, 0.2) is 41.3 Å². The zero-order valence-corrected chi connectivity index (χ0v) is 13.5. The van der Waals surface area contributed by atoms with Gasteiger partial charge in [0.15, 0.2) is 0 Å². The third-order valence-corrected chi connectivity index (χ3v) is 5.75. The Morgan fingerprint density at radius 1 is 1.22 bits per heavy atom. The first kappa shape index (κ1) is 16.2. The van der Waals surface area contributed by atoms with E-state index in [1.807, 2.05) is 6.08 Å². The van der Waals surface area contributed by atoms with E-state index < -0.39 is 10.0 Å². The van der Waals surface area contributed by atoms with Gasteiger partial charge in [-0.2, -0.15) is 0 Å². The number of aliphatic hydroxyl groups is 1. The summed E-state index contributed by atoms with van der Waals surface area (Å²) in [5, 5.41) is 9.09. The summed E-state index contributed by atoms with van der Waals surface area (Å²) in [5.74, 6) is 0.0797. The molecule has 1 aromatic carbocycles. The molecule has 0 spiro atoms. The van der Waals surface area contributed by atoms with Gasteiger partial charge in [0.05, 0.1) is 4.90 Å². The number of amides is 1. The van der Waals surface area contributed by atoms with Gasteiger partial charge in [0.25, 0.3) is 0 Å². The monoisotopic (exact) mass is 336 g/mol. The fraction of sp³-hybridized carbons (Fsp3) is 0.438. The van der Waals surface area contributed by atoms with Gasteiger partial charge in [-0.05, 0) is 37.1 Å². The molecule has 1 aliphatic heterocycles. The zero-order chi connectivity index (χ0) is 16.4. The Morgan fingerprint density at radius 3 is 2.52 bits per heavy atom. The molecule has 124 valence electrons. The number of benzene rings is 1. The topological polar surface area (TPSA) is 86.7 Å². The number of rotatable bonds is 5. The molecule has 7 heteroatoms. The lowest BCUT2D eigenvalue weighted by Gasteiger charge is -2.17. The third kappa shape index (κ3) is 3.46. The van der Waals surface area contributed by atoms with Crippen molar-refractivity contribution in [3.05, 3.63) is 36.4 Å². The zero-order valence-electron chi connectivity index (χ0n) is 12.7. The number of nitrogens with one attached hydrogen (secondary N) is 1. The van der Waals surface area contributed by atoms with Gasteiger partial charge in [0.1, 0.15) is 0 Å². The molecule has 1 amide bonds. The molecular formula is C16H20N2O4S. The molecule has 1 aliphatic carbocycles. The molecule has 6 nitrogen and oxygen atoms in total. The molecule has 3 rings (SSSR count). The van der Waals surface area contributed by atoms with E-state index >= 15 is 0 Å². The molecule has 0 unspecified atom stereocenters. The number of anilines is 1. The van der Waals surface area contributed by atoms with E-state index in [2.05, 4.69) is 4.72 Å². The average Bonchev–Trinajstić information content (AvgIpc) is 3.16. The molecule has 2 aliphatic rings. The predicted octanol–water partition coefficient (Wildman–Crippen LogP) is 1.03. The maximum absolute atomic E-state index is 12.4. The molecule has 1 fully saturated rings. The number of hydrogen-bond acceptors (Lipinski definition) is 4. The summed E-state index contributed by atoms with van der Waals surface area (Å²) < 4.78 is 27.4. The van der Waals surface area contributed by atoms with Crippen molar-refractivity contribution in [1.29, 1.82) is 0 Å². The van der Waals surface area contributed by atoms with Crippen LogP contribution in [-0.4, -0.2) is 38.6 Å². The van der Waals surface area contributed by atoms with Crippen molar-refractivity contribution < 1.29 is 18.3 Å². The molecule has 1 aromatic rings. The Balaban J connectivity index is 1.71. The minimum absolute atomic E-state index is 0.00579. The fourth-order valence-corrected chi connectivity index (χ4v) is 4.19. The maximum Gasteiger partial charge on any atom is 0.241 e. The highest BCUT2D eigenvalue weighted by Gasteiger charge is 2.25. The highest BCUT2D eigenvalue weighted by Crippen LogP contribution is 2.24. The number of hydrogen-bond donors (Lipinski definition) is 2. The Labute approximate surface area is 135 Å². The quantitative estimate of drug-likeness (QED) is 0.786. The lowest BCUT2D eigenvalue weighted by atomic mass is 10.1. The summed E-state index contributed by atoms with van der Waals surface area (Å²) >= 11 is 0. The minimum atomic E-state index is -3.62. The summed E-state index contributed by atoms with van der Waals surface area (Å²) in [6.07, 6.45) is 5.54. The summed E-state index contributed by atoms with van der Waals surface area (Å²) in [4.78, 5) is 13.6. The molecule has 23 heavy (non-hydrogen) atoms. The van der Waals surface area contributed by atoms with Crippen LogP contribution < -0.4 is 9.62 Å².